The molecule has 0 aliphatic carbocycles. The summed E-state index contributed by atoms with van der Waals surface area (Å²) in [5.74, 6) is 2.48. The number of aromatic nitrogens is 5. The summed E-state index contributed by atoms with van der Waals surface area (Å²) in [6.07, 6.45) is 8.95. The number of hydrogen-bond donors (Lipinski definition) is 2. The topological polar surface area (TPSA) is 98.4 Å². The molecule has 0 spiro atoms. The van der Waals surface area contributed by atoms with Gasteiger partial charge in [-0.2, -0.15) is 5.10 Å². The third kappa shape index (κ3) is 4.44. The van der Waals surface area contributed by atoms with Crippen LogP contribution < -0.4 is 15.4 Å². The third-order valence-corrected chi connectivity index (χ3v) is 5.47. The van der Waals surface area contributed by atoms with E-state index < -0.39 is 0 Å². The van der Waals surface area contributed by atoms with Crippen molar-refractivity contribution < 1.29 is 9.53 Å². The molecule has 0 aliphatic rings. The Balaban J connectivity index is 1.29. The maximum absolute atomic E-state index is 12.9. The van der Waals surface area contributed by atoms with E-state index in [0.717, 1.165) is 22.6 Å². The van der Waals surface area contributed by atoms with Gasteiger partial charge in [0.05, 0.1) is 6.20 Å². The molecule has 4 aromatic heterocycles. The second-order valence-corrected chi connectivity index (χ2v) is 7.79. The summed E-state index contributed by atoms with van der Waals surface area (Å²) in [6, 6.07) is 14.7. The highest BCUT2D eigenvalue weighted by Gasteiger charge is 2.13. The quantitative estimate of drug-likeness (QED) is 0.383. The largest absolute Gasteiger partial charge is 0.457 e. The molecule has 0 saturated heterocycles. The van der Waals surface area contributed by atoms with Crippen LogP contribution in [0.25, 0.3) is 5.65 Å². The monoisotopic (exact) mass is 453 g/mol. The molecule has 0 bridgehead atoms. The van der Waals surface area contributed by atoms with E-state index in [1.54, 1.807) is 41.5 Å². The van der Waals surface area contributed by atoms with Crippen LogP contribution in [0.5, 0.6) is 11.5 Å². The van der Waals surface area contributed by atoms with Crippen LogP contribution in [0.4, 0.5) is 11.6 Å². The summed E-state index contributed by atoms with van der Waals surface area (Å²) < 4.78 is 9.74. The number of ether oxygens (including phenoxy) is 1. The summed E-state index contributed by atoms with van der Waals surface area (Å²) in [4.78, 5) is 21.5. The molecule has 5 aromatic rings. The Morgan fingerprint density at radius 2 is 1.97 bits per heavy atom. The first-order valence-corrected chi connectivity index (χ1v) is 10.8. The van der Waals surface area contributed by atoms with E-state index in [1.807, 2.05) is 61.1 Å². The van der Waals surface area contributed by atoms with E-state index in [2.05, 4.69) is 25.7 Å². The minimum atomic E-state index is -0.165. The number of pyridine rings is 2. The average molecular weight is 454 g/mol. The summed E-state index contributed by atoms with van der Waals surface area (Å²) in [5.41, 5.74) is 3.16. The predicted octanol–water partition coefficient (Wildman–Crippen LogP) is 4.24. The second-order valence-electron chi connectivity index (χ2n) is 7.79. The molecule has 34 heavy (non-hydrogen) atoms. The molecule has 0 fully saturated rings. The smallest absolute Gasteiger partial charge is 0.251 e. The highest BCUT2D eigenvalue weighted by Crippen LogP contribution is 2.28. The van der Waals surface area contributed by atoms with Crippen molar-refractivity contribution >= 4 is 23.2 Å². The summed E-state index contributed by atoms with van der Waals surface area (Å²) in [5, 5.41) is 10.3. The molecular weight excluding hydrogens is 430 g/mol. The van der Waals surface area contributed by atoms with Crippen molar-refractivity contribution in [3.8, 4) is 11.5 Å². The first-order chi connectivity index (χ1) is 16.6. The number of hydrogen-bond acceptors (Lipinski definition) is 6. The number of nitrogens with one attached hydrogen (secondary N) is 2. The van der Waals surface area contributed by atoms with E-state index in [4.69, 9.17) is 4.74 Å². The van der Waals surface area contributed by atoms with Crippen LogP contribution in [0.1, 0.15) is 21.5 Å². The molecule has 4 heterocycles. The lowest BCUT2D eigenvalue weighted by atomic mass is 10.1. The molecule has 9 heteroatoms. The number of aryl methyl sites for hydroxylation is 1. The van der Waals surface area contributed by atoms with Crippen molar-refractivity contribution in [2.45, 2.75) is 13.5 Å². The zero-order valence-electron chi connectivity index (χ0n) is 18.8. The van der Waals surface area contributed by atoms with Crippen LogP contribution in [0.3, 0.4) is 0 Å². The van der Waals surface area contributed by atoms with Crippen molar-refractivity contribution in [2.75, 3.05) is 5.32 Å². The van der Waals surface area contributed by atoms with Crippen molar-refractivity contribution in [2.24, 2.45) is 7.05 Å². The Morgan fingerprint density at radius 3 is 2.82 bits per heavy atom. The zero-order valence-corrected chi connectivity index (χ0v) is 18.8. The van der Waals surface area contributed by atoms with Gasteiger partial charge in [0.1, 0.15) is 28.8 Å². The van der Waals surface area contributed by atoms with Gasteiger partial charge in [0.15, 0.2) is 0 Å². The Bertz CT molecular complexity index is 1470. The molecule has 1 aromatic carbocycles. The van der Waals surface area contributed by atoms with E-state index in [0.29, 0.717) is 29.4 Å². The molecule has 0 unspecified atom stereocenters. The number of carbonyl (C=O) groups is 1. The van der Waals surface area contributed by atoms with E-state index in [-0.39, 0.29) is 5.91 Å². The van der Waals surface area contributed by atoms with Gasteiger partial charge in [-0.15, -0.1) is 0 Å². The molecule has 0 atom stereocenters. The van der Waals surface area contributed by atoms with Crippen LogP contribution in [0.15, 0.2) is 79.5 Å². The maximum Gasteiger partial charge on any atom is 0.251 e. The van der Waals surface area contributed by atoms with Gasteiger partial charge in [-0.3, -0.25) is 9.48 Å². The van der Waals surface area contributed by atoms with E-state index >= 15 is 0 Å². The standard InChI is InChI=1S/C25H23N7O2/c1-17-20(25(33)28-15-18-6-7-23-27-12-13-32(23)16-18)4-3-5-21(17)34-19-8-10-26-22(14-19)30-24-9-11-29-31(24)2/h3-14,16H,15H2,1-2H3,(H,26,30)(H,28,33). The van der Waals surface area contributed by atoms with Crippen LogP contribution in [-0.4, -0.2) is 30.1 Å². The van der Waals surface area contributed by atoms with E-state index in [1.165, 1.54) is 0 Å². The van der Waals surface area contributed by atoms with Gasteiger partial charge in [-0.1, -0.05) is 12.1 Å². The number of amides is 1. The third-order valence-electron chi connectivity index (χ3n) is 5.47. The second kappa shape index (κ2) is 9.07. The highest BCUT2D eigenvalue weighted by molar-refractivity contribution is 5.96. The molecule has 0 aliphatic heterocycles. The first kappa shape index (κ1) is 21.2. The van der Waals surface area contributed by atoms with Gasteiger partial charge in [-0.05, 0) is 36.8 Å². The Morgan fingerprint density at radius 1 is 1.06 bits per heavy atom. The molecule has 0 radical (unpaired) electrons. The number of carbonyl (C=O) groups excluding carboxylic acids is 1. The molecule has 0 saturated carbocycles. The maximum atomic E-state index is 12.9. The molecule has 5 rings (SSSR count). The normalized spacial score (nSPS) is 10.9. The van der Waals surface area contributed by atoms with Gasteiger partial charge in [0.2, 0.25) is 0 Å². The SMILES string of the molecule is Cc1c(Oc2ccnc(Nc3ccnn3C)c2)cccc1C(=O)NCc1ccc2nccn2c1. The highest BCUT2D eigenvalue weighted by atomic mass is 16.5. The van der Waals surface area contributed by atoms with Crippen LogP contribution >= 0.6 is 0 Å². The van der Waals surface area contributed by atoms with Crippen molar-refractivity contribution in [3.63, 3.8) is 0 Å². The fourth-order valence-corrected chi connectivity index (χ4v) is 3.62. The number of imidazole rings is 1. The lowest BCUT2D eigenvalue weighted by Crippen LogP contribution is -2.23. The fraction of sp³-hybridized carbons (Fsp3) is 0.120. The Labute approximate surface area is 196 Å². The fourth-order valence-electron chi connectivity index (χ4n) is 3.62. The number of anilines is 2. The van der Waals surface area contributed by atoms with Crippen LogP contribution in [0, 0.1) is 6.92 Å². The predicted molar refractivity (Wildman–Crippen MR) is 128 cm³/mol. The molecular formula is C25H23N7O2. The summed E-state index contributed by atoms with van der Waals surface area (Å²) >= 11 is 0. The summed E-state index contributed by atoms with van der Waals surface area (Å²) in [7, 11) is 1.85. The van der Waals surface area contributed by atoms with Crippen molar-refractivity contribution in [3.05, 3.63) is 96.2 Å². The van der Waals surface area contributed by atoms with Gasteiger partial charge >= 0.3 is 0 Å². The lowest BCUT2D eigenvalue weighted by molar-refractivity contribution is 0.0950. The number of nitrogens with zero attached hydrogens (tertiary/aromatic N) is 5. The zero-order chi connectivity index (χ0) is 23.5. The summed E-state index contributed by atoms with van der Waals surface area (Å²) in [6.45, 7) is 2.28. The van der Waals surface area contributed by atoms with Gasteiger partial charge < -0.3 is 19.8 Å². The van der Waals surface area contributed by atoms with Gasteiger partial charge in [0.25, 0.3) is 5.91 Å². The lowest BCUT2D eigenvalue weighted by Gasteiger charge is -2.14. The van der Waals surface area contributed by atoms with Crippen LogP contribution in [0.2, 0.25) is 0 Å². The Kier molecular flexibility index (Phi) is 5.65. The number of fused-ring (bicyclic) bond motifs is 1. The molecule has 2 N–H and O–H groups in total. The van der Waals surface area contributed by atoms with Gasteiger partial charge in [0, 0.05) is 61.6 Å². The molecule has 9 nitrogen and oxygen atoms in total. The number of rotatable bonds is 7. The minimum Gasteiger partial charge on any atom is -0.457 e. The first-order valence-electron chi connectivity index (χ1n) is 10.8. The molecule has 170 valence electrons. The van der Waals surface area contributed by atoms with Gasteiger partial charge in [-0.25, -0.2) is 9.97 Å². The Hall–Kier alpha value is -4.66. The molecule has 1 amide bonds. The van der Waals surface area contributed by atoms with E-state index in [9.17, 15) is 4.79 Å². The van der Waals surface area contributed by atoms with Crippen molar-refractivity contribution in [1.29, 1.82) is 0 Å². The van der Waals surface area contributed by atoms with Crippen molar-refractivity contribution in [1.82, 2.24) is 29.5 Å². The average Bonchev–Trinajstić information content (AvgIpc) is 3.47. The van der Waals surface area contributed by atoms with Crippen LogP contribution in [-0.2, 0) is 13.6 Å². The number of benzene rings is 1. The minimum absolute atomic E-state index is 0.165.